The van der Waals surface area contributed by atoms with Crippen LogP contribution in [0, 0.1) is 5.92 Å². The molecule has 4 rings (SSSR count). The van der Waals surface area contributed by atoms with Crippen LogP contribution in [0.1, 0.15) is 66.3 Å². The minimum atomic E-state index is -0.542. The van der Waals surface area contributed by atoms with Crippen LogP contribution in [0.5, 0.6) is 5.75 Å². The van der Waals surface area contributed by atoms with Crippen molar-refractivity contribution in [3.05, 3.63) is 41.5 Å². The van der Waals surface area contributed by atoms with Crippen LogP contribution in [-0.2, 0) is 17.8 Å². The van der Waals surface area contributed by atoms with E-state index in [0.29, 0.717) is 29.3 Å². The molecule has 1 aliphatic heterocycles. The predicted octanol–water partition coefficient (Wildman–Crippen LogP) is 3.24. The third-order valence-electron chi connectivity index (χ3n) is 6.21. The van der Waals surface area contributed by atoms with Gasteiger partial charge in [0, 0.05) is 42.3 Å². The first-order chi connectivity index (χ1) is 14.1. The smallest absolute Gasteiger partial charge is 0.248 e. The van der Waals surface area contributed by atoms with Gasteiger partial charge in [-0.25, -0.2) is 4.98 Å². The van der Waals surface area contributed by atoms with E-state index >= 15 is 0 Å². The van der Waals surface area contributed by atoms with E-state index in [1.165, 1.54) is 45.0 Å². The van der Waals surface area contributed by atoms with Crippen LogP contribution in [0.25, 0.3) is 0 Å². The zero-order valence-corrected chi connectivity index (χ0v) is 16.8. The Morgan fingerprint density at radius 1 is 1.21 bits per heavy atom. The van der Waals surface area contributed by atoms with Gasteiger partial charge in [-0.05, 0) is 37.5 Å². The van der Waals surface area contributed by atoms with Crippen molar-refractivity contribution >= 4 is 17.5 Å². The highest BCUT2D eigenvalue weighted by atomic mass is 16.5. The summed E-state index contributed by atoms with van der Waals surface area (Å²) < 4.78 is 7.64. The quantitative estimate of drug-likeness (QED) is 0.810. The first-order valence-electron chi connectivity index (χ1n) is 10.4. The monoisotopic (exact) mass is 396 g/mol. The molecule has 1 fully saturated rings. The highest BCUT2D eigenvalue weighted by molar-refractivity contribution is 5.98. The van der Waals surface area contributed by atoms with Crippen LogP contribution < -0.4 is 15.8 Å². The third-order valence-corrected chi connectivity index (χ3v) is 6.21. The molecule has 1 aliphatic carbocycles. The van der Waals surface area contributed by atoms with E-state index in [1.54, 1.807) is 18.2 Å². The number of ether oxygens (including phenoxy) is 1. The molecule has 154 valence electrons. The van der Waals surface area contributed by atoms with E-state index in [-0.39, 0.29) is 11.8 Å². The van der Waals surface area contributed by atoms with Crippen LogP contribution in [0.2, 0.25) is 0 Å². The highest BCUT2D eigenvalue weighted by Crippen LogP contribution is 2.35. The van der Waals surface area contributed by atoms with E-state index in [0.717, 1.165) is 18.7 Å². The maximum atomic E-state index is 12.9. The molecule has 3 N–H and O–H groups in total. The number of rotatable bonds is 5. The number of imidazole rings is 1. The molecule has 1 saturated carbocycles. The fraction of sp³-hybridized carbons (Fsp3) is 0.500. The second-order valence-electron chi connectivity index (χ2n) is 8.05. The molecule has 29 heavy (non-hydrogen) atoms. The number of amides is 2. The molecule has 7 heteroatoms. The number of benzene rings is 1. The Morgan fingerprint density at radius 2 is 2.00 bits per heavy atom. The Hall–Kier alpha value is -2.83. The molecule has 2 aliphatic rings. The number of carbonyl (C=O) groups is 2. The number of methoxy groups -OCH3 is 1. The number of nitrogens with two attached hydrogens (primary N) is 1. The molecule has 1 aromatic heterocycles. The number of anilines is 1. The van der Waals surface area contributed by atoms with Gasteiger partial charge in [-0.15, -0.1) is 0 Å². The van der Waals surface area contributed by atoms with Crippen molar-refractivity contribution in [1.29, 1.82) is 0 Å². The average Bonchev–Trinajstić information content (AvgIpc) is 3.17. The molecule has 0 radical (unpaired) electrons. The van der Waals surface area contributed by atoms with Crippen LogP contribution in [-0.4, -0.2) is 28.5 Å². The van der Waals surface area contributed by atoms with E-state index in [4.69, 9.17) is 15.5 Å². The number of nitrogens with zero attached hydrogens (tertiary/aromatic N) is 2. The number of fused-ring (bicyclic) bond motifs is 1. The summed E-state index contributed by atoms with van der Waals surface area (Å²) in [5, 5.41) is 2.93. The Kier molecular flexibility index (Phi) is 5.56. The zero-order valence-electron chi connectivity index (χ0n) is 16.8. The van der Waals surface area contributed by atoms with Crippen LogP contribution in [0.15, 0.2) is 24.4 Å². The summed E-state index contributed by atoms with van der Waals surface area (Å²) in [6, 6.07) is 4.79. The SMILES string of the molecule is COc1ccc(C(N)=O)cc1NC(=O)C1CCn2c(cnc2C2CCCCC2)C1. The predicted molar refractivity (Wildman–Crippen MR) is 110 cm³/mol. The van der Waals surface area contributed by atoms with Gasteiger partial charge in [-0.1, -0.05) is 19.3 Å². The molecule has 2 heterocycles. The first kappa shape index (κ1) is 19.5. The Bertz CT molecular complexity index is 915. The maximum Gasteiger partial charge on any atom is 0.248 e. The van der Waals surface area contributed by atoms with Crippen molar-refractivity contribution in [1.82, 2.24) is 9.55 Å². The van der Waals surface area contributed by atoms with Gasteiger partial charge in [-0.3, -0.25) is 9.59 Å². The number of hydrogen-bond acceptors (Lipinski definition) is 4. The van der Waals surface area contributed by atoms with Crippen LogP contribution in [0.4, 0.5) is 5.69 Å². The highest BCUT2D eigenvalue weighted by Gasteiger charge is 2.29. The average molecular weight is 396 g/mol. The molecule has 1 atom stereocenters. The standard InChI is InChI=1S/C22H28N4O3/c1-29-19-8-7-15(20(23)27)12-18(19)25-22(28)16-9-10-26-17(11-16)13-24-21(26)14-5-3-2-4-6-14/h7-8,12-14,16H,2-6,9-11H2,1H3,(H2,23,27)(H,25,28). The lowest BCUT2D eigenvalue weighted by Crippen LogP contribution is -2.31. The minimum Gasteiger partial charge on any atom is -0.495 e. The summed E-state index contributed by atoms with van der Waals surface area (Å²) in [6.07, 6.45) is 9.71. The number of hydrogen-bond donors (Lipinski definition) is 2. The summed E-state index contributed by atoms with van der Waals surface area (Å²) in [7, 11) is 1.53. The molecule has 0 saturated heterocycles. The van der Waals surface area contributed by atoms with Gasteiger partial charge in [-0.2, -0.15) is 0 Å². The second-order valence-corrected chi connectivity index (χ2v) is 8.05. The zero-order chi connectivity index (χ0) is 20.4. The lowest BCUT2D eigenvalue weighted by atomic mass is 9.88. The van der Waals surface area contributed by atoms with E-state index in [9.17, 15) is 9.59 Å². The lowest BCUT2D eigenvalue weighted by molar-refractivity contribution is -0.120. The van der Waals surface area contributed by atoms with Gasteiger partial charge >= 0.3 is 0 Å². The molecule has 0 bridgehead atoms. The topological polar surface area (TPSA) is 99.2 Å². The second kappa shape index (κ2) is 8.27. The van der Waals surface area contributed by atoms with Crippen molar-refractivity contribution in [2.75, 3.05) is 12.4 Å². The Balaban J connectivity index is 1.47. The fourth-order valence-electron chi connectivity index (χ4n) is 4.59. The van der Waals surface area contributed by atoms with Crippen molar-refractivity contribution < 1.29 is 14.3 Å². The molecule has 2 amide bonds. The van der Waals surface area contributed by atoms with Crippen molar-refractivity contribution in [3.63, 3.8) is 0 Å². The number of nitrogens with one attached hydrogen (secondary N) is 1. The van der Waals surface area contributed by atoms with Crippen molar-refractivity contribution in [2.45, 2.75) is 57.4 Å². The van der Waals surface area contributed by atoms with Gasteiger partial charge in [0.25, 0.3) is 0 Å². The lowest BCUT2D eigenvalue weighted by Gasteiger charge is -2.27. The first-order valence-corrected chi connectivity index (χ1v) is 10.4. The summed E-state index contributed by atoms with van der Waals surface area (Å²) in [6.45, 7) is 0.817. The summed E-state index contributed by atoms with van der Waals surface area (Å²) in [4.78, 5) is 29.1. The summed E-state index contributed by atoms with van der Waals surface area (Å²) in [5.41, 5.74) is 7.30. The normalized spacial score (nSPS) is 19.4. The molecule has 0 spiro atoms. The number of aromatic nitrogens is 2. The molecule has 1 unspecified atom stereocenters. The fourth-order valence-corrected chi connectivity index (χ4v) is 4.59. The summed E-state index contributed by atoms with van der Waals surface area (Å²) >= 11 is 0. The number of carbonyl (C=O) groups excluding carboxylic acids is 2. The van der Waals surface area contributed by atoms with Crippen molar-refractivity contribution in [3.8, 4) is 5.75 Å². The van der Waals surface area contributed by atoms with E-state index in [2.05, 4.69) is 9.88 Å². The van der Waals surface area contributed by atoms with Gasteiger partial charge in [0.05, 0.1) is 12.8 Å². The van der Waals surface area contributed by atoms with Gasteiger partial charge in [0.1, 0.15) is 11.6 Å². The molecular formula is C22H28N4O3. The Morgan fingerprint density at radius 3 is 2.72 bits per heavy atom. The van der Waals surface area contributed by atoms with Crippen LogP contribution in [0.3, 0.4) is 0 Å². The van der Waals surface area contributed by atoms with Crippen LogP contribution >= 0.6 is 0 Å². The van der Waals surface area contributed by atoms with Gasteiger partial charge in [0.15, 0.2) is 0 Å². The maximum absolute atomic E-state index is 12.9. The van der Waals surface area contributed by atoms with Gasteiger partial charge < -0.3 is 20.4 Å². The molecular weight excluding hydrogens is 368 g/mol. The molecule has 1 aromatic carbocycles. The molecule has 7 nitrogen and oxygen atoms in total. The van der Waals surface area contributed by atoms with E-state index < -0.39 is 5.91 Å². The molecule has 2 aromatic rings. The minimum absolute atomic E-state index is 0.0726. The van der Waals surface area contributed by atoms with Crippen molar-refractivity contribution in [2.24, 2.45) is 11.7 Å². The van der Waals surface area contributed by atoms with Gasteiger partial charge in [0.2, 0.25) is 11.8 Å². The summed E-state index contributed by atoms with van der Waals surface area (Å²) in [5.74, 6) is 1.51. The Labute approximate surface area is 170 Å². The van der Waals surface area contributed by atoms with E-state index in [1.807, 2.05) is 6.20 Å². The largest absolute Gasteiger partial charge is 0.495 e. The number of primary amides is 1. The third kappa shape index (κ3) is 3.99.